The van der Waals surface area contributed by atoms with E-state index in [9.17, 15) is 28.9 Å². The summed E-state index contributed by atoms with van der Waals surface area (Å²) in [7, 11) is 0. The third-order valence-electron chi connectivity index (χ3n) is 3.31. The SMILES string of the molecule is NC(=O)c1ccc(SCC(=O)Nc2ccc(F)c(C(N)=O)c2)c([N+](=O)[O-])c1. The fraction of sp³-hybridized carbons (Fsp3) is 0.0625. The van der Waals surface area contributed by atoms with Gasteiger partial charge in [-0.15, -0.1) is 11.8 Å². The molecule has 0 unspecified atom stereocenters. The van der Waals surface area contributed by atoms with Crippen LogP contribution in [0.1, 0.15) is 20.7 Å². The van der Waals surface area contributed by atoms with Gasteiger partial charge in [-0.25, -0.2) is 4.39 Å². The summed E-state index contributed by atoms with van der Waals surface area (Å²) in [6.07, 6.45) is 0. The summed E-state index contributed by atoms with van der Waals surface area (Å²) in [6, 6.07) is 6.98. The molecule has 0 aliphatic rings. The summed E-state index contributed by atoms with van der Waals surface area (Å²) in [5.41, 5.74) is 9.51. The highest BCUT2D eigenvalue weighted by molar-refractivity contribution is 8.00. The highest BCUT2D eigenvalue weighted by Crippen LogP contribution is 2.30. The minimum absolute atomic E-state index is 0.0270. The van der Waals surface area contributed by atoms with E-state index in [1.54, 1.807) is 0 Å². The summed E-state index contributed by atoms with van der Waals surface area (Å²) in [4.78, 5) is 44.9. The Morgan fingerprint density at radius 2 is 1.81 bits per heavy atom. The molecule has 0 aliphatic carbocycles. The molecule has 9 nitrogen and oxygen atoms in total. The smallest absolute Gasteiger partial charge is 0.283 e. The number of nitrogens with one attached hydrogen (secondary N) is 1. The second kappa shape index (κ2) is 8.27. The van der Waals surface area contributed by atoms with Crippen LogP contribution in [-0.2, 0) is 4.79 Å². The predicted molar refractivity (Wildman–Crippen MR) is 95.9 cm³/mol. The zero-order valence-electron chi connectivity index (χ0n) is 13.6. The van der Waals surface area contributed by atoms with E-state index >= 15 is 0 Å². The molecule has 140 valence electrons. The number of thioether (sulfide) groups is 1. The van der Waals surface area contributed by atoms with Gasteiger partial charge in [0.05, 0.1) is 21.1 Å². The molecule has 0 saturated heterocycles. The molecule has 3 amide bonds. The minimum atomic E-state index is -0.983. The number of carbonyl (C=O) groups is 3. The normalized spacial score (nSPS) is 10.3. The third-order valence-corrected chi connectivity index (χ3v) is 4.38. The largest absolute Gasteiger partial charge is 0.366 e. The Kier molecular flexibility index (Phi) is 6.08. The van der Waals surface area contributed by atoms with Gasteiger partial charge < -0.3 is 16.8 Å². The van der Waals surface area contributed by atoms with Gasteiger partial charge in [-0.2, -0.15) is 0 Å². The molecule has 0 atom stereocenters. The van der Waals surface area contributed by atoms with Crippen molar-refractivity contribution in [2.45, 2.75) is 4.90 Å². The van der Waals surface area contributed by atoms with Crippen LogP contribution in [0.2, 0.25) is 0 Å². The number of hydrogen-bond acceptors (Lipinski definition) is 6. The first-order valence-electron chi connectivity index (χ1n) is 7.29. The summed E-state index contributed by atoms with van der Waals surface area (Å²) >= 11 is 0.865. The Hall–Kier alpha value is -3.47. The van der Waals surface area contributed by atoms with Crippen LogP contribution in [0.5, 0.6) is 0 Å². The molecule has 2 rings (SSSR count). The van der Waals surface area contributed by atoms with Crippen LogP contribution >= 0.6 is 11.8 Å². The highest BCUT2D eigenvalue weighted by Gasteiger charge is 2.18. The number of primary amides is 2. The zero-order chi connectivity index (χ0) is 20.1. The van der Waals surface area contributed by atoms with Gasteiger partial charge in [0.25, 0.3) is 11.6 Å². The van der Waals surface area contributed by atoms with Gasteiger partial charge in [-0.1, -0.05) is 0 Å². The van der Waals surface area contributed by atoms with Crippen molar-refractivity contribution in [3.8, 4) is 0 Å². The Morgan fingerprint density at radius 1 is 1.11 bits per heavy atom. The molecule has 0 radical (unpaired) electrons. The highest BCUT2D eigenvalue weighted by atomic mass is 32.2. The lowest BCUT2D eigenvalue weighted by Gasteiger charge is -2.08. The quantitative estimate of drug-likeness (QED) is 0.369. The number of benzene rings is 2. The van der Waals surface area contributed by atoms with Crippen molar-refractivity contribution >= 4 is 40.9 Å². The Bertz CT molecular complexity index is 950. The second-order valence-electron chi connectivity index (χ2n) is 5.20. The molecular weight excluding hydrogens is 379 g/mol. The molecule has 0 spiro atoms. The lowest BCUT2D eigenvalue weighted by atomic mass is 10.2. The Labute approximate surface area is 156 Å². The summed E-state index contributed by atoms with van der Waals surface area (Å²) in [6.45, 7) is 0. The average molecular weight is 392 g/mol. The molecule has 5 N–H and O–H groups in total. The summed E-state index contributed by atoms with van der Waals surface area (Å²) in [5.74, 6) is -3.37. The van der Waals surface area contributed by atoms with Crippen molar-refractivity contribution in [3.05, 3.63) is 63.5 Å². The molecule has 0 saturated carbocycles. The predicted octanol–water partition coefficient (Wildman–Crippen LogP) is 1.66. The van der Waals surface area contributed by atoms with Crippen molar-refractivity contribution < 1.29 is 23.7 Å². The molecule has 27 heavy (non-hydrogen) atoms. The molecule has 11 heteroatoms. The van der Waals surface area contributed by atoms with Crippen molar-refractivity contribution in [1.82, 2.24) is 0 Å². The minimum Gasteiger partial charge on any atom is -0.366 e. The fourth-order valence-corrected chi connectivity index (χ4v) is 2.87. The number of nitrogens with two attached hydrogens (primary N) is 2. The van der Waals surface area contributed by atoms with Gasteiger partial charge in [-0.05, 0) is 30.3 Å². The molecule has 2 aromatic rings. The van der Waals surface area contributed by atoms with Crippen LogP contribution in [-0.4, -0.2) is 28.4 Å². The van der Waals surface area contributed by atoms with E-state index in [2.05, 4.69) is 5.32 Å². The van der Waals surface area contributed by atoms with E-state index in [1.807, 2.05) is 0 Å². The first-order chi connectivity index (χ1) is 12.7. The van der Waals surface area contributed by atoms with Gasteiger partial charge in [0, 0.05) is 17.3 Å². The van der Waals surface area contributed by atoms with Gasteiger partial charge in [0.1, 0.15) is 5.82 Å². The van der Waals surface area contributed by atoms with Crippen molar-refractivity contribution in [2.75, 3.05) is 11.1 Å². The number of amides is 3. The van der Waals surface area contributed by atoms with Crippen LogP contribution in [0.3, 0.4) is 0 Å². The van der Waals surface area contributed by atoms with Gasteiger partial charge in [0.15, 0.2) is 0 Å². The molecule has 0 aliphatic heterocycles. The van der Waals surface area contributed by atoms with E-state index in [-0.39, 0.29) is 33.2 Å². The van der Waals surface area contributed by atoms with Gasteiger partial charge in [-0.3, -0.25) is 24.5 Å². The van der Waals surface area contributed by atoms with E-state index in [1.165, 1.54) is 18.2 Å². The molecule has 0 aromatic heterocycles. The van der Waals surface area contributed by atoms with Crippen molar-refractivity contribution in [2.24, 2.45) is 11.5 Å². The molecule has 0 fully saturated rings. The molecule has 0 heterocycles. The van der Waals surface area contributed by atoms with Crippen molar-refractivity contribution in [3.63, 3.8) is 0 Å². The number of hydrogen-bond donors (Lipinski definition) is 3. The lowest BCUT2D eigenvalue weighted by Crippen LogP contribution is -2.17. The Balaban J connectivity index is 2.10. The Morgan fingerprint density at radius 3 is 2.41 bits per heavy atom. The molecule has 2 aromatic carbocycles. The van der Waals surface area contributed by atoms with Crippen LogP contribution in [0.4, 0.5) is 15.8 Å². The lowest BCUT2D eigenvalue weighted by molar-refractivity contribution is -0.387. The zero-order valence-corrected chi connectivity index (χ0v) is 14.4. The number of nitro benzene ring substituents is 1. The van der Waals surface area contributed by atoms with Crippen LogP contribution < -0.4 is 16.8 Å². The standard InChI is InChI=1S/C16H13FN4O5S/c17-11-3-2-9(6-10(11)16(19)24)20-14(22)7-27-13-4-1-8(15(18)23)5-12(13)21(25)26/h1-6H,7H2,(H2,18,23)(H2,19,24)(H,20,22). The number of rotatable bonds is 7. The topological polar surface area (TPSA) is 158 Å². The number of nitrogens with zero attached hydrogens (tertiary/aromatic N) is 1. The molecular formula is C16H13FN4O5S. The number of carbonyl (C=O) groups excluding carboxylic acids is 3. The van der Waals surface area contributed by atoms with Crippen LogP contribution in [0, 0.1) is 15.9 Å². The van der Waals surface area contributed by atoms with E-state index < -0.39 is 28.5 Å². The first kappa shape index (κ1) is 19.8. The van der Waals surface area contributed by atoms with Crippen LogP contribution in [0.25, 0.3) is 0 Å². The van der Waals surface area contributed by atoms with E-state index in [0.29, 0.717) is 0 Å². The number of nitro groups is 1. The molecule has 0 bridgehead atoms. The van der Waals surface area contributed by atoms with E-state index in [0.717, 1.165) is 30.0 Å². The van der Waals surface area contributed by atoms with Crippen LogP contribution in [0.15, 0.2) is 41.3 Å². The number of anilines is 1. The summed E-state index contributed by atoms with van der Waals surface area (Å²) in [5, 5.41) is 13.6. The fourth-order valence-electron chi connectivity index (χ4n) is 2.07. The van der Waals surface area contributed by atoms with Gasteiger partial charge in [0.2, 0.25) is 11.8 Å². The summed E-state index contributed by atoms with van der Waals surface area (Å²) < 4.78 is 13.4. The third kappa shape index (κ3) is 5.01. The second-order valence-corrected chi connectivity index (χ2v) is 6.22. The average Bonchev–Trinajstić information content (AvgIpc) is 2.61. The van der Waals surface area contributed by atoms with Gasteiger partial charge >= 0.3 is 0 Å². The van der Waals surface area contributed by atoms with Crippen molar-refractivity contribution in [1.29, 1.82) is 0 Å². The maximum atomic E-state index is 13.4. The first-order valence-corrected chi connectivity index (χ1v) is 8.28. The number of halogens is 1. The monoisotopic (exact) mass is 392 g/mol. The maximum absolute atomic E-state index is 13.4. The maximum Gasteiger partial charge on any atom is 0.283 e. The van der Waals surface area contributed by atoms with E-state index in [4.69, 9.17) is 11.5 Å².